The van der Waals surface area contributed by atoms with E-state index >= 15 is 0 Å². The Bertz CT molecular complexity index is 577. The molecule has 2 rings (SSSR count). The fourth-order valence-electron chi connectivity index (χ4n) is 1.60. The zero-order valence-corrected chi connectivity index (χ0v) is 10.5. The van der Waals surface area contributed by atoms with Gasteiger partial charge in [-0.3, -0.25) is 5.43 Å². The van der Waals surface area contributed by atoms with Crippen LogP contribution in [-0.2, 0) is 6.42 Å². The summed E-state index contributed by atoms with van der Waals surface area (Å²) in [5.74, 6) is -1.28. The van der Waals surface area contributed by atoms with Crippen molar-refractivity contribution in [1.82, 2.24) is 0 Å². The first-order valence-electron chi connectivity index (χ1n) is 6.02. The number of nitrogens with one attached hydrogen (secondary N) is 1. The van der Waals surface area contributed by atoms with Crippen molar-refractivity contribution in [1.29, 1.82) is 0 Å². The molecule has 0 aliphatic heterocycles. The first-order valence-corrected chi connectivity index (χ1v) is 6.02. The molecule has 0 fully saturated rings. The van der Waals surface area contributed by atoms with E-state index in [1.54, 1.807) is 6.21 Å². The maximum Gasteiger partial charge on any atom is 0.151 e. The van der Waals surface area contributed by atoms with Gasteiger partial charge in [0.15, 0.2) is 5.82 Å². The molecule has 1 N–H and O–H groups in total. The van der Waals surface area contributed by atoms with Crippen LogP contribution in [-0.4, -0.2) is 6.21 Å². The topological polar surface area (TPSA) is 24.4 Å². The highest BCUT2D eigenvalue weighted by Crippen LogP contribution is 2.14. The lowest BCUT2D eigenvalue weighted by Crippen LogP contribution is -1.94. The van der Waals surface area contributed by atoms with Crippen molar-refractivity contribution in [3.05, 3.63) is 65.2 Å². The van der Waals surface area contributed by atoms with Crippen molar-refractivity contribution < 1.29 is 8.78 Å². The molecule has 0 radical (unpaired) electrons. The second kappa shape index (κ2) is 6.09. The Morgan fingerprint density at radius 3 is 2.47 bits per heavy atom. The van der Waals surface area contributed by atoms with Gasteiger partial charge in [0.25, 0.3) is 0 Å². The molecule has 0 atom stereocenters. The maximum absolute atomic E-state index is 13.3. The molecule has 0 heterocycles. The van der Waals surface area contributed by atoms with E-state index in [9.17, 15) is 8.78 Å². The highest BCUT2D eigenvalue weighted by molar-refractivity contribution is 5.80. The minimum atomic E-state index is -0.668. The second-order valence-corrected chi connectivity index (χ2v) is 4.09. The quantitative estimate of drug-likeness (QED) is 0.652. The van der Waals surface area contributed by atoms with E-state index in [-0.39, 0.29) is 5.69 Å². The van der Waals surface area contributed by atoms with Gasteiger partial charge in [-0.25, -0.2) is 8.78 Å². The zero-order valence-electron chi connectivity index (χ0n) is 10.5. The molecule has 0 unspecified atom stereocenters. The van der Waals surface area contributed by atoms with Gasteiger partial charge in [0.2, 0.25) is 0 Å². The summed E-state index contributed by atoms with van der Waals surface area (Å²) < 4.78 is 26.0. The van der Waals surface area contributed by atoms with Gasteiger partial charge in [0.05, 0.1) is 11.9 Å². The minimum Gasteiger partial charge on any atom is -0.276 e. The summed E-state index contributed by atoms with van der Waals surface area (Å²) in [4.78, 5) is 0. The molecule has 2 aromatic rings. The van der Waals surface area contributed by atoms with Gasteiger partial charge in [-0.1, -0.05) is 31.2 Å². The minimum absolute atomic E-state index is 0.142. The number of rotatable bonds is 4. The van der Waals surface area contributed by atoms with E-state index in [1.807, 2.05) is 24.3 Å². The molecular weight excluding hydrogens is 246 g/mol. The molecule has 19 heavy (non-hydrogen) atoms. The third kappa shape index (κ3) is 3.61. The van der Waals surface area contributed by atoms with E-state index in [4.69, 9.17) is 0 Å². The normalized spacial score (nSPS) is 10.9. The number of anilines is 1. The standard InChI is InChI=1S/C15H14F2N2/c1-2-11-3-5-12(6-4-11)10-18-19-15-8-7-13(16)9-14(15)17/h3-10,19H,2H2,1H3/b18-10-. The van der Waals surface area contributed by atoms with Crippen LogP contribution in [0.15, 0.2) is 47.6 Å². The molecule has 4 heteroatoms. The summed E-state index contributed by atoms with van der Waals surface area (Å²) in [6.07, 6.45) is 2.57. The van der Waals surface area contributed by atoms with Crippen LogP contribution in [0.1, 0.15) is 18.1 Å². The Balaban J connectivity index is 2.02. The number of hydrogen-bond donors (Lipinski definition) is 1. The Hall–Kier alpha value is -2.23. The molecule has 0 spiro atoms. The first kappa shape index (κ1) is 13.2. The smallest absolute Gasteiger partial charge is 0.151 e. The van der Waals surface area contributed by atoms with Crippen LogP contribution in [0.5, 0.6) is 0 Å². The van der Waals surface area contributed by atoms with Crippen LogP contribution < -0.4 is 5.43 Å². The number of halogens is 2. The highest BCUT2D eigenvalue weighted by Gasteiger charge is 2.01. The van der Waals surface area contributed by atoms with Gasteiger partial charge in [-0.2, -0.15) is 5.10 Å². The summed E-state index contributed by atoms with van der Waals surface area (Å²) >= 11 is 0. The molecule has 0 aliphatic carbocycles. The van der Waals surface area contributed by atoms with Gasteiger partial charge in [-0.05, 0) is 29.7 Å². The van der Waals surface area contributed by atoms with Crippen molar-refractivity contribution in [2.75, 3.05) is 5.43 Å². The van der Waals surface area contributed by atoms with Crippen molar-refractivity contribution >= 4 is 11.9 Å². The molecule has 2 aromatic carbocycles. The predicted octanol–water partition coefficient (Wildman–Crippen LogP) is 3.97. The largest absolute Gasteiger partial charge is 0.276 e. The van der Waals surface area contributed by atoms with Crippen LogP contribution in [0.2, 0.25) is 0 Å². The van der Waals surface area contributed by atoms with Crippen LogP contribution in [0.4, 0.5) is 14.5 Å². The molecule has 0 aromatic heterocycles. The monoisotopic (exact) mass is 260 g/mol. The summed E-state index contributed by atoms with van der Waals surface area (Å²) in [6.45, 7) is 2.09. The van der Waals surface area contributed by atoms with E-state index in [0.717, 1.165) is 18.1 Å². The SMILES string of the molecule is CCc1ccc(/C=N\Nc2ccc(F)cc2F)cc1. The number of hydrazone groups is 1. The Morgan fingerprint density at radius 1 is 1.11 bits per heavy atom. The number of nitrogens with zero attached hydrogens (tertiary/aromatic N) is 1. The number of aryl methyl sites for hydroxylation is 1. The lowest BCUT2D eigenvalue weighted by molar-refractivity contribution is 0.585. The van der Waals surface area contributed by atoms with Crippen LogP contribution in [0.25, 0.3) is 0 Å². The Labute approximate surface area is 110 Å². The molecule has 0 aliphatic rings. The van der Waals surface area contributed by atoms with Crippen molar-refractivity contribution in [3.8, 4) is 0 Å². The predicted molar refractivity (Wildman–Crippen MR) is 73.4 cm³/mol. The van der Waals surface area contributed by atoms with Gasteiger partial charge < -0.3 is 0 Å². The summed E-state index contributed by atoms with van der Waals surface area (Å²) in [7, 11) is 0. The fourth-order valence-corrected chi connectivity index (χ4v) is 1.60. The van der Waals surface area contributed by atoms with Crippen molar-refractivity contribution in [3.63, 3.8) is 0 Å². The summed E-state index contributed by atoms with van der Waals surface area (Å²) in [6, 6.07) is 11.2. The summed E-state index contributed by atoms with van der Waals surface area (Å²) in [5.41, 5.74) is 4.84. The fraction of sp³-hybridized carbons (Fsp3) is 0.133. The Morgan fingerprint density at radius 2 is 1.84 bits per heavy atom. The Kier molecular flexibility index (Phi) is 4.23. The molecule has 0 amide bonds. The molecule has 98 valence electrons. The lowest BCUT2D eigenvalue weighted by atomic mass is 10.1. The third-order valence-electron chi connectivity index (χ3n) is 2.72. The number of hydrogen-bond acceptors (Lipinski definition) is 2. The van der Waals surface area contributed by atoms with Crippen molar-refractivity contribution in [2.45, 2.75) is 13.3 Å². The van der Waals surface area contributed by atoms with E-state index in [1.165, 1.54) is 17.7 Å². The van der Waals surface area contributed by atoms with E-state index in [0.29, 0.717) is 0 Å². The van der Waals surface area contributed by atoms with Crippen molar-refractivity contribution in [2.24, 2.45) is 5.10 Å². The van der Waals surface area contributed by atoms with Gasteiger partial charge >= 0.3 is 0 Å². The molecule has 0 saturated carbocycles. The molecular formula is C15H14F2N2. The molecule has 2 nitrogen and oxygen atoms in total. The van der Waals surface area contributed by atoms with Crippen LogP contribution >= 0.6 is 0 Å². The summed E-state index contributed by atoms with van der Waals surface area (Å²) in [5, 5.41) is 3.92. The lowest BCUT2D eigenvalue weighted by Gasteiger charge is -2.02. The van der Waals surface area contributed by atoms with Gasteiger partial charge in [0, 0.05) is 6.07 Å². The first-order chi connectivity index (χ1) is 9.19. The molecule has 0 bridgehead atoms. The van der Waals surface area contributed by atoms with Gasteiger partial charge in [-0.15, -0.1) is 0 Å². The maximum atomic E-state index is 13.3. The average Bonchev–Trinajstić information content (AvgIpc) is 2.42. The third-order valence-corrected chi connectivity index (χ3v) is 2.72. The van der Waals surface area contributed by atoms with E-state index < -0.39 is 11.6 Å². The molecule has 0 saturated heterocycles. The van der Waals surface area contributed by atoms with Crippen LogP contribution in [0, 0.1) is 11.6 Å². The highest BCUT2D eigenvalue weighted by atomic mass is 19.1. The second-order valence-electron chi connectivity index (χ2n) is 4.09. The van der Waals surface area contributed by atoms with Crippen LogP contribution in [0.3, 0.4) is 0 Å². The number of benzene rings is 2. The van der Waals surface area contributed by atoms with E-state index in [2.05, 4.69) is 17.5 Å². The van der Waals surface area contributed by atoms with Gasteiger partial charge in [0.1, 0.15) is 5.82 Å². The zero-order chi connectivity index (χ0) is 13.7. The average molecular weight is 260 g/mol.